The molecular weight excluding hydrogens is 271 g/mol. The van der Waals surface area contributed by atoms with Crippen molar-refractivity contribution in [3.05, 3.63) is 28.2 Å². The molecule has 1 fully saturated rings. The first-order chi connectivity index (χ1) is 8.66. The minimum absolute atomic E-state index is 0.0267. The summed E-state index contributed by atoms with van der Waals surface area (Å²) in [7, 11) is 0. The Kier molecular flexibility index (Phi) is 4.87. The molecule has 1 unspecified atom stereocenters. The zero-order chi connectivity index (χ0) is 13.0. The SMILES string of the molecule is O=C(Nc1ccc(Cl)cc1Cl)C1CCCCCN1. The van der Waals surface area contributed by atoms with E-state index in [1.54, 1.807) is 18.2 Å². The summed E-state index contributed by atoms with van der Waals surface area (Å²) in [4.78, 5) is 12.1. The minimum Gasteiger partial charge on any atom is -0.323 e. The maximum Gasteiger partial charge on any atom is 0.241 e. The van der Waals surface area contributed by atoms with Crippen LogP contribution in [0.4, 0.5) is 5.69 Å². The molecule has 1 saturated heterocycles. The number of hydrogen-bond acceptors (Lipinski definition) is 2. The Bertz CT molecular complexity index is 429. The third-order valence-electron chi connectivity index (χ3n) is 3.07. The number of carbonyl (C=O) groups is 1. The van der Waals surface area contributed by atoms with Gasteiger partial charge in [-0.3, -0.25) is 4.79 Å². The van der Waals surface area contributed by atoms with Crippen molar-refractivity contribution in [3.63, 3.8) is 0 Å². The van der Waals surface area contributed by atoms with Gasteiger partial charge in [-0.1, -0.05) is 36.0 Å². The smallest absolute Gasteiger partial charge is 0.241 e. The second-order valence-corrected chi connectivity index (χ2v) is 5.31. The molecule has 0 saturated carbocycles. The third kappa shape index (κ3) is 3.61. The highest BCUT2D eigenvalue weighted by Gasteiger charge is 2.20. The van der Waals surface area contributed by atoms with Crippen LogP contribution in [0.1, 0.15) is 25.7 Å². The fourth-order valence-corrected chi connectivity index (χ4v) is 2.52. The van der Waals surface area contributed by atoms with Crippen LogP contribution in [0.5, 0.6) is 0 Å². The molecule has 18 heavy (non-hydrogen) atoms. The predicted octanol–water partition coefficient (Wildman–Crippen LogP) is 3.46. The molecule has 2 N–H and O–H groups in total. The van der Waals surface area contributed by atoms with Crippen molar-refractivity contribution in [2.45, 2.75) is 31.7 Å². The van der Waals surface area contributed by atoms with Crippen molar-refractivity contribution in [2.75, 3.05) is 11.9 Å². The summed E-state index contributed by atoms with van der Waals surface area (Å²) in [6, 6.07) is 4.93. The highest BCUT2D eigenvalue weighted by Crippen LogP contribution is 2.25. The normalized spacial score (nSPS) is 20.2. The van der Waals surface area contributed by atoms with Gasteiger partial charge < -0.3 is 10.6 Å². The lowest BCUT2D eigenvalue weighted by atomic mass is 10.1. The van der Waals surface area contributed by atoms with Crippen LogP contribution in [0.3, 0.4) is 0 Å². The summed E-state index contributed by atoms with van der Waals surface area (Å²) in [6.07, 6.45) is 4.26. The summed E-state index contributed by atoms with van der Waals surface area (Å²) in [5.74, 6) is -0.0267. The van der Waals surface area contributed by atoms with E-state index in [0.717, 1.165) is 25.8 Å². The van der Waals surface area contributed by atoms with Crippen molar-refractivity contribution in [1.82, 2.24) is 5.32 Å². The van der Waals surface area contributed by atoms with Crippen LogP contribution in [0.25, 0.3) is 0 Å². The number of amides is 1. The van der Waals surface area contributed by atoms with Gasteiger partial charge in [-0.25, -0.2) is 0 Å². The molecule has 0 aromatic heterocycles. The van der Waals surface area contributed by atoms with Gasteiger partial charge >= 0.3 is 0 Å². The Hall–Kier alpha value is -0.770. The molecule has 1 heterocycles. The maximum absolute atomic E-state index is 12.1. The van der Waals surface area contributed by atoms with E-state index in [0.29, 0.717) is 15.7 Å². The van der Waals surface area contributed by atoms with Gasteiger partial charge in [0, 0.05) is 5.02 Å². The van der Waals surface area contributed by atoms with Gasteiger partial charge in [0.2, 0.25) is 5.91 Å². The monoisotopic (exact) mass is 286 g/mol. The number of benzene rings is 1. The molecule has 1 atom stereocenters. The quantitative estimate of drug-likeness (QED) is 0.874. The van der Waals surface area contributed by atoms with Crippen LogP contribution in [0, 0.1) is 0 Å². The molecule has 1 amide bonds. The summed E-state index contributed by atoms with van der Waals surface area (Å²) in [6.45, 7) is 0.895. The Labute approximate surface area is 117 Å². The van der Waals surface area contributed by atoms with Crippen LogP contribution >= 0.6 is 23.2 Å². The average molecular weight is 287 g/mol. The molecule has 3 nitrogen and oxygen atoms in total. The van der Waals surface area contributed by atoms with E-state index in [-0.39, 0.29) is 11.9 Å². The van der Waals surface area contributed by atoms with Crippen LogP contribution in [0.15, 0.2) is 18.2 Å². The molecule has 0 radical (unpaired) electrons. The van der Waals surface area contributed by atoms with Gasteiger partial charge in [-0.05, 0) is 37.6 Å². The van der Waals surface area contributed by atoms with E-state index in [1.807, 2.05) is 0 Å². The van der Waals surface area contributed by atoms with Gasteiger partial charge in [0.25, 0.3) is 0 Å². The molecule has 0 aliphatic carbocycles. The first-order valence-electron chi connectivity index (χ1n) is 6.16. The molecule has 0 bridgehead atoms. The fraction of sp³-hybridized carbons (Fsp3) is 0.462. The molecule has 98 valence electrons. The van der Waals surface area contributed by atoms with Gasteiger partial charge in [-0.2, -0.15) is 0 Å². The lowest BCUT2D eigenvalue weighted by Crippen LogP contribution is -2.39. The summed E-state index contributed by atoms with van der Waals surface area (Å²) < 4.78 is 0. The molecule has 1 aromatic carbocycles. The van der Waals surface area contributed by atoms with E-state index in [9.17, 15) is 4.79 Å². The molecule has 1 aliphatic rings. The molecule has 5 heteroatoms. The number of halogens is 2. The second-order valence-electron chi connectivity index (χ2n) is 4.47. The lowest BCUT2D eigenvalue weighted by molar-refractivity contribution is -0.118. The van der Waals surface area contributed by atoms with E-state index in [4.69, 9.17) is 23.2 Å². The highest BCUT2D eigenvalue weighted by molar-refractivity contribution is 6.36. The first kappa shape index (κ1) is 13.7. The minimum atomic E-state index is -0.126. The predicted molar refractivity (Wildman–Crippen MR) is 75.4 cm³/mol. The summed E-state index contributed by atoms with van der Waals surface area (Å²) in [5.41, 5.74) is 0.608. The number of anilines is 1. The van der Waals surface area contributed by atoms with Gasteiger partial charge in [0.1, 0.15) is 0 Å². The Morgan fingerprint density at radius 1 is 1.28 bits per heavy atom. The van der Waals surface area contributed by atoms with Gasteiger partial charge in [0.05, 0.1) is 16.8 Å². The fourth-order valence-electron chi connectivity index (χ4n) is 2.06. The molecular formula is C13H16Cl2N2O. The van der Waals surface area contributed by atoms with Crippen LogP contribution in [0.2, 0.25) is 10.0 Å². The lowest BCUT2D eigenvalue weighted by Gasteiger charge is -2.16. The average Bonchev–Trinajstić information content (AvgIpc) is 2.61. The largest absolute Gasteiger partial charge is 0.323 e. The van der Waals surface area contributed by atoms with E-state index < -0.39 is 0 Å². The first-order valence-corrected chi connectivity index (χ1v) is 6.92. The zero-order valence-electron chi connectivity index (χ0n) is 10.0. The van der Waals surface area contributed by atoms with Gasteiger partial charge in [-0.15, -0.1) is 0 Å². The van der Waals surface area contributed by atoms with Crippen molar-refractivity contribution in [1.29, 1.82) is 0 Å². The number of nitrogens with one attached hydrogen (secondary N) is 2. The van der Waals surface area contributed by atoms with Gasteiger partial charge in [0.15, 0.2) is 0 Å². The zero-order valence-corrected chi connectivity index (χ0v) is 11.5. The molecule has 1 aromatic rings. The number of rotatable bonds is 2. The van der Waals surface area contributed by atoms with Crippen LogP contribution < -0.4 is 10.6 Å². The second kappa shape index (κ2) is 6.41. The van der Waals surface area contributed by atoms with Crippen molar-refractivity contribution in [3.8, 4) is 0 Å². The Morgan fingerprint density at radius 3 is 2.89 bits per heavy atom. The summed E-state index contributed by atoms with van der Waals surface area (Å²) >= 11 is 11.8. The van der Waals surface area contributed by atoms with Crippen molar-refractivity contribution >= 4 is 34.8 Å². The third-order valence-corrected chi connectivity index (χ3v) is 3.61. The van der Waals surface area contributed by atoms with Crippen LogP contribution in [-0.4, -0.2) is 18.5 Å². The highest BCUT2D eigenvalue weighted by atomic mass is 35.5. The summed E-state index contributed by atoms with van der Waals surface area (Å²) in [5, 5.41) is 7.12. The van der Waals surface area contributed by atoms with E-state index >= 15 is 0 Å². The topological polar surface area (TPSA) is 41.1 Å². The van der Waals surface area contributed by atoms with E-state index in [1.165, 1.54) is 6.42 Å². The maximum atomic E-state index is 12.1. The number of carbonyl (C=O) groups excluding carboxylic acids is 1. The van der Waals surface area contributed by atoms with Crippen LogP contribution in [-0.2, 0) is 4.79 Å². The standard InChI is InChI=1S/C13H16Cl2N2O/c14-9-5-6-11(10(15)8-9)17-13(18)12-4-2-1-3-7-16-12/h5-6,8,12,16H,1-4,7H2,(H,17,18). The number of hydrogen-bond donors (Lipinski definition) is 2. The molecule has 1 aliphatic heterocycles. The van der Waals surface area contributed by atoms with Crippen molar-refractivity contribution in [2.24, 2.45) is 0 Å². The van der Waals surface area contributed by atoms with Crippen molar-refractivity contribution < 1.29 is 4.79 Å². The Balaban J connectivity index is 2.01. The Morgan fingerprint density at radius 2 is 2.11 bits per heavy atom. The van der Waals surface area contributed by atoms with E-state index in [2.05, 4.69) is 10.6 Å². The molecule has 0 spiro atoms. The molecule has 2 rings (SSSR count).